The largest absolute Gasteiger partial charge is 0.478 e. The van der Waals surface area contributed by atoms with E-state index in [9.17, 15) is 19.1 Å². The van der Waals surface area contributed by atoms with Crippen molar-refractivity contribution in [3.63, 3.8) is 0 Å². The topological polar surface area (TPSA) is 232 Å². The maximum absolute atomic E-state index is 13.2. The zero-order valence-electron chi connectivity index (χ0n) is 40.3. The Hall–Kier alpha value is -8.05. The third kappa shape index (κ3) is 12.3. The molecule has 0 saturated carbocycles. The zero-order chi connectivity index (χ0) is 51.6. The molecule has 0 fully saturated rings. The first kappa shape index (κ1) is 51.8. The van der Waals surface area contributed by atoms with Crippen molar-refractivity contribution in [3.8, 4) is 0 Å². The number of alkyl halides is 1. The molecule has 0 spiro atoms. The summed E-state index contributed by atoms with van der Waals surface area (Å²) in [7, 11) is -1.00. The summed E-state index contributed by atoms with van der Waals surface area (Å²) >= 11 is 12.1. The number of rotatable bonds is 9. The Kier molecular flexibility index (Phi) is 17.1. The number of nitrogen functional groups attached to an aromatic ring is 2. The van der Waals surface area contributed by atoms with Crippen molar-refractivity contribution in [2.24, 2.45) is 5.73 Å². The molecular formula is C54H55Cl2FN12O3. The molecule has 0 saturated heterocycles. The number of halogens is 3. The number of fused-ring (bicyclic) bond motifs is 4. The molecule has 8 N–H and O–H groups in total. The Morgan fingerprint density at radius 1 is 0.694 bits per heavy atom. The van der Waals surface area contributed by atoms with Crippen molar-refractivity contribution in [1.82, 2.24) is 44.4 Å². The third-order valence-corrected chi connectivity index (χ3v) is 12.2. The van der Waals surface area contributed by atoms with Crippen LogP contribution in [0.5, 0.6) is 0 Å². The lowest BCUT2D eigenvalue weighted by molar-refractivity contribution is 0.0698. The van der Waals surface area contributed by atoms with E-state index in [1.54, 1.807) is 49.4 Å². The summed E-state index contributed by atoms with van der Waals surface area (Å²) in [6.07, 6.45) is 13.5. The van der Waals surface area contributed by atoms with E-state index >= 15 is 0 Å². The summed E-state index contributed by atoms with van der Waals surface area (Å²) in [5.41, 5.74) is 29.2. The second-order valence-electron chi connectivity index (χ2n) is 16.5. The number of carbonyl (C=O) groups is 2. The van der Waals surface area contributed by atoms with Gasteiger partial charge in [-0.3, -0.25) is 29.1 Å². The van der Waals surface area contributed by atoms with E-state index in [4.69, 9.17) is 41.8 Å². The Labute approximate surface area is 427 Å². The van der Waals surface area contributed by atoms with E-state index in [-0.39, 0.29) is 18.9 Å². The summed E-state index contributed by atoms with van der Waals surface area (Å²) in [6.45, 7) is 9.81. The number of hydrogen-bond donors (Lipinski definition) is 5. The van der Waals surface area contributed by atoms with Gasteiger partial charge in [-0.2, -0.15) is 0 Å². The molecule has 10 rings (SSSR count). The van der Waals surface area contributed by atoms with Gasteiger partial charge in [0.1, 0.15) is 11.6 Å². The lowest BCUT2D eigenvalue weighted by Gasteiger charge is -2.11. The number of hydrogen-bond acceptors (Lipinski definition) is 11. The molecule has 0 bridgehead atoms. The molecular weight excluding hydrogens is 955 g/mol. The molecule has 0 aliphatic carbocycles. The van der Waals surface area contributed by atoms with Crippen molar-refractivity contribution in [2.45, 2.75) is 61.3 Å². The van der Waals surface area contributed by atoms with Crippen LogP contribution in [0.3, 0.4) is 0 Å². The predicted octanol–water partition coefficient (Wildman–Crippen LogP) is 10.8. The molecule has 0 aliphatic rings. The molecule has 72 heavy (non-hydrogen) atoms. The van der Waals surface area contributed by atoms with Gasteiger partial charge >= 0.3 is 5.97 Å². The Bertz CT molecular complexity index is 3560. The van der Waals surface area contributed by atoms with Gasteiger partial charge < -0.3 is 36.8 Å². The minimum Gasteiger partial charge on any atom is -0.478 e. The van der Waals surface area contributed by atoms with Crippen molar-refractivity contribution < 1.29 is 20.5 Å². The van der Waals surface area contributed by atoms with Crippen LogP contribution in [-0.2, 0) is 26.2 Å². The number of aromatic carboxylic acids is 1. The van der Waals surface area contributed by atoms with Gasteiger partial charge in [-0.05, 0) is 122 Å². The van der Waals surface area contributed by atoms with Crippen molar-refractivity contribution in [2.75, 3.05) is 18.6 Å². The van der Waals surface area contributed by atoms with Crippen LogP contribution in [0.4, 0.5) is 16.0 Å². The number of amides is 1. The Balaban J connectivity index is 0.000000193. The van der Waals surface area contributed by atoms with E-state index in [0.717, 1.165) is 83.0 Å². The monoisotopic (exact) mass is 1010 g/mol. The highest BCUT2D eigenvalue weighted by Crippen LogP contribution is 2.26. The number of carbonyl (C=O) groups excluding carboxylic acids is 1. The molecule has 2 aromatic carbocycles. The number of aryl methyl sites for hydroxylation is 4. The highest BCUT2D eigenvalue weighted by atomic mass is 35.5. The molecule has 0 atom stereocenters. The Morgan fingerprint density at radius 3 is 1.61 bits per heavy atom. The molecule has 8 aromatic heterocycles. The number of carboxylic acid groups (broad SMARTS) is 1. The van der Waals surface area contributed by atoms with Crippen LogP contribution >= 0.6 is 23.2 Å². The van der Waals surface area contributed by atoms with Gasteiger partial charge in [0.2, 0.25) is 0 Å². The molecule has 0 aliphatic heterocycles. The number of nitrogens with two attached hydrogens (primary N) is 3. The number of nitrogens with one attached hydrogen (secondary N) is 1. The molecule has 0 radical (unpaired) electrons. The molecule has 0 unspecified atom stereocenters. The van der Waals surface area contributed by atoms with Gasteiger partial charge in [0, 0.05) is 96.3 Å². The average molecular weight is 1010 g/mol. The predicted molar refractivity (Wildman–Crippen MR) is 287 cm³/mol. The standard InChI is InChI=1S/C26H23ClN6O.C18H12ClN3O2.C8H13N3.CH3F.CH4/c1-15-7-25(28)32-16(2)21(15)11-31-26(34)22-14-33(24-12-29-6-5-20(22)24)13-17-3-4-23-18(8-17)9-19(27)10-30-23;19-13-6-12-5-11(1-2-16(12)21-7-13)9-22-10-15(18(23)24)14-3-4-20-8-17(14)22;1-5-3-8(10)11-6(2)7(5)4-9;1-2;/h3-10,12,14H,11,13H2,1-2H3,(H2,28,32)(H,31,34);1-8,10H,9H2,(H,23,24);3H,4,9H2,1-2H3,(H2,10,11);1H3;1H4/i;;;1D;. The first-order valence-electron chi connectivity index (χ1n) is 22.7. The smallest absolute Gasteiger partial charge is 0.337 e. The number of aromatic nitrogens is 8. The molecule has 10 aromatic rings. The second kappa shape index (κ2) is 23.7. The van der Waals surface area contributed by atoms with Crippen LogP contribution in [0.2, 0.25) is 10.0 Å². The molecule has 18 heteroatoms. The van der Waals surface area contributed by atoms with Crippen molar-refractivity contribution in [3.05, 3.63) is 188 Å². The quantitative estimate of drug-likeness (QED) is 0.0909. The molecule has 15 nitrogen and oxygen atoms in total. The number of benzene rings is 2. The van der Waals surface area contributed by atoms with Crippen molar-refractivity contribution >= 4 is 90.3 Å². The molecule has 1 amide bonds. The Morgan fingerprint density at radius 2 is 1.15 bits per heavy atom. The fourth-order valence-corrected chi connectivity index (χ4v) is 8.73. The summed E-state index contributed by atoms with van der Waals surface area (Å²) < 4.78 is 19.4. The zero-order valence-corrected chi connectivity index (χ0v) is 40.8. The minimum absolute atomic E-state index is 0. The van der Waals surface area contributed by atoms with Gasteiger partial charge in [0.05, 0.1) is 64.2 Å². The fourth-order valence-electron chi connectivity index (χ4n) is 8.40. The van der Waals surface area contributed by atoms with Gasteiger partial charge in [0.25, 0.3) is 5.91 Å². The first-order chi connectivity index (χ1) is 34.6. The minimum atomic E-state index is -1.00. The van der Waals surface area contributed by atoms with Crippen molar-refractivity contribution in [1.29, 1.82) is 0 Å². The number of carboxylic acids is 1. The first-order valence-corrected chi connectivity index (χ1v) is 22.8. The number of pyridine rings is 6. The van der Waals surface area contributed by atoms with Gasteiger partial charge in [0.15, 0.2) is 0 Å². The highest BCUT2D eigenvalue weighted by molar-refractivity contribution is 6.31. The van der Waals surface area contributed by atoms with E-state index in [1.165, 1.54) is 0 Å². The number of nitrogens with zero attached hydrogens (tertiary/aromatic N) is 8. The van der Waals surface area contributed by atoms with Gasteiger partial charge in [-0.1, -0.05) is 42.8 Å². The van der Waals surface area contributed by atoms with Crippen LogP contribution in [0, 0.1) is 27.7 Å². The van der Waals surface area contributed by atoms with Crippen LogP contribution in [0.1, 0.15) is 74.3 Å². The molecule has 370 valence electrons. The summed E-state index contributed by atoms with van der Waals surface area (Å²) in [6, 6.07) is 23.0. The fraction of sp³-hybridized carbons (Fsp3) is 0.185. The SMILES string of the molecule is C.Cc1cc(N)nc(C)c1CN.Cc1cc(N)nc(C)c1CNC(=O)c1cn(Cc2ccc3ncc(Cl)cc3c2)c2cnccc12.O=C(O)c1cn(Cc2ccc3ncc(Cl)cc3c2)c2cnccc12.[2H]CF. The second-order valence-corrected chi connectivity index (χ2v) is 17.4. The van der Waals surface area contributed by atoms with E-state index in [1.807, 2.05) is 104 Å². The van der Waals surface area contributed by atoms with E-state index < -0.39 is 13.1 Å². The summed E-state index contributed by atoms with van der Waals surface area (Å²) in [5.74, 6) is -0.0518. The normalized spacial score (nSPS) is 10.9. The lowest BCUT2D eigenvalue weighted by atomic mass is 10.1. The third-order valence-electron chi connectivity index (χ3n) is 11.8. The van der Waals surface area contributed by atoms with Gasteiger partial charge in [-0.15, -0.1) is 0 Å². The van der Waals surface area contributed by atoms with Gasteiger partial charge in [-0.25, -0.2) is 14.8 Å². The maximum Gasteiger partial charge on any atom is 0.337 e. The molecule has 8 heterocycles. The maximum atomic E-state index is 13.2. The van der Waals surface area contributed by atoms with Crippen LogP contribution in [0.25, 0.3) is 43.6 Å². The van der Waals surface area contributed by atoms with E-state index in [0.29, 0.717) is 58.8 Å². The highest BCUT2D eigenvalue weighted by Gasteiger charge is 2.18. The van der Waals surface area contributed by atoms with Crippen LogP contribution in [0.15, 0.2) is 122 Å². The summed E-state index contributed by atoms with van der Waals surface area (Å²) in [4.78, 5) is 50.1. The summed E-state index contributed by atoms with van der Waals surface area (Å²) in [5, 5.41) is 17.1. The number of anilines is 2. The average Bonchev–Trinajstić information content (AvgIpc) is 3.90. The van der Waals surface area contributed by atoms with Crippen LogP contribution in [-0.4, -0.2) is 63.2 Å². The van der Waals surface area contributed by atoms with E-state index in [2.05, 4.69) is 41.3 Å². The van der Waals surface area contributed by atoms with Crippen LogP contribution < -0.4 is 22.5 Å². The lowest BCUT2D eigenvalue weighted by Crippen LogP contribution is -2.24.